The molecule has 3 aromatic rings. The van der Waals surface area contributed by atoms with Crippen molar-refractivity contribution in [2.45, 2.75) is 0 Å². The van der Waals surface area contributed by atoms with Crippen molar-refractivity contribution in [3.8, 4) is 5.75 Å². The van der Waals surface area contributed by atoms with Crippen LogP contribution in [0.2, 0.25) is 0 Å². The van der Waals surface area contributed by atoms with Gasteiger partial charge in [0.05, 0.1) is 23.2 Å². The Balaban J connectivity index is 1.85. The number of methoxy groups -OCH3 is 1. The van der Waals surface area contributed by atoms with Gasteiger partial charge in [-0.15, -0.1) is 11.3 Å². The average Bonchev–Trinajstić information content (AvgIpc) is 3.21. The number of nitrogens with zero attached hydrogens (tertiary/aromatic N) is 1. The van der Waals surface area contributed by atoms with E-state index in [1.165, 1.54) is 35.5 Å². The van der Waals surface area contributed by atoms with Crippen LogP contribution in [-0.4, -0.2) is 26.0 Å². The zero-order valence-electron chi connectivity index (χ0n) is 14.7. The summed E-state index contributed by atoms with van der Waals surface area (Å²) in [5.74, 6) is -1.13. The number of benzene rings is 2. The Morgan fingerprint density at radius 2 is 1.89 bits per heavy atom. The fourth-order valence-electron chi connectivity index (χ4n) is 2.58. The summed E-state index contributed by atoms with van der Waals surface area (Å²) >= 11 is 1.33. The van der Waals surface area contributed by atoms with Gasteiger partial charge < -0.3 is 15.0 Å². The van der Waals surface area contributed by atoms with Crippen LogP contribution in [0.1, 0.15) is 20.0 Å². The van der Waals surface area contributed by atoms with Gasteiger partial charge in [0.25, 0.3) is 11.8 Å². The summed E-state index contributed by atoms with van der Waals surface area (Å²) in [6.45, 7) is 0. The second-order valence-corrected chi connectivity index (χ2v) is 6.61. The number of hydrogen-bond acceptors (Lipinski definition) is 4. The maximum absolute atomic E-state index is 13.8. The fourth-order valence-corrected chi connectivity index (χ4v) is 3.27. The number of thiophene rings is 1. The van der Waals surface area contributed by atoms with Crippen molar-refractivity contribution in [2.75, 3.05) is 24.4 Å². The molecule has 0 saturated carbocycles. The number of ether oxygens (including phenoxy) is 1. The third-order valence-electron chi connectivity index (χ3n) is 3.96. The van der Waals surface area contributed by atoms with Crippen molar-refractivity contribution in [1.82, 2.24) is 0 Å². The van der Waals surface area contributed by atoms with Gasteiger partial charge in [0.2, 0.25) is 0 Å². The molecule has 0 atom stereocenters. The average molecular weight is 384 g/mol. The molecule has 0 bridgehead atoms. The van der Waals surface area contributed by atoms with Gasteiger partial charge in [-0.3, -0.25) is 9.59 Å². The van der Waals surface area contributed by atoms with Crippen LogP contribution in [-0.2, 0) is 0 Å². The quantitative estimate of drug-likeness (QED) is 0.708. The van der Waals surface area contributed by atoms with Crippen molar-refractivity contribution in [3.63, 3.8) is 0 Å². The highest BCUT2D eigenvalue weighted by molar-refractivity contribution is 7.12. The lowest BCUT2D eigenvalue weighted by Crippen LogP contribution is -2.28. The summed E-state index contributed by atoms with van der Waals surface area (Å²) in [6.07, 6.45) is 0. The van der Waals surface area contributed by atoms with E-state index in [1.807, 2.05) is 5.38 Å². The highest BCUT2D eigenvalue weighted by Gasteiger charge is 2.20. The zero-order valence-corrected chi connectivity index (χ0v) is 15.5. The summed E-state index contributed by atoms with van der Waals surface area (Å²) in [6, 6.07) is 14.4. The minimum atomic E-state index is -0.575. The van der Waals surface area contributed by atoms with Gasteiger partial charge in [0.1, 0.15) is 0 Å². The van der Waals surface area contributed by atoms with Crippen LogP contribution >= 0.6 is 11.3 Å². The van der Waals surface area contributed by atoms with E-state index in [2.05, 4.69) is 5.32 Å². The number of rotatable bonds is 5. The van der Waals surface area contributed by atoms with Gasteiger partial charge in [-0.05, 0) is 35.7 Å². The molecule has 0 aliphatic carbocycles. The molecule has 3 rings (SSSR count). The normalized spacial score (nSPS) is 10.3. The molecule has 0 aliphatic rings. The lowest BCUT2D eigenvalue weighted by Gasteiger charge is -2.20. The van der Waals surface area contributed by atoms with E-state index in [1.54, 1.807) is 49.5 Å². The van der Waals surface area contributed by atoms with E-state index < -0.39 is 11.7 Å². The lowest BCUT2D eigenvalue weighted by atomic mass is 10.1. The lowest BCUT2D eigenvalue weighted by molar-refractivity contribution is 0.0996. The van der Waals surface area contributed by atoms with Crippen LogP contribution in [0, 0.1) is 5.82 Å². The van der Waals surface area contributed by atoms with E-state index in [0.29, 0.717) is 21.8 Å². The van der Waals surface area contributed by atoms with Crippen LogP contribution in [0.15, 0.2) is 60.0 Å². The third-order valence-corrected chi connectivity index (χ3v) is 4.81. The van der Waals surface area contributed by atoms with Crippen molar-refractivity contribution in [2.24, 2.45) is 0 Å². The molecule has 0 aliphatic heterocycles. The number of carbonyl (C=O) groups is 2. The number of nitrogens with one attached hydrogen (secondary N) is 1. The first-order chi connectivity index (χ1) is 13.0. The largest absolute Gasteiger partial charge is 0.494 e. The molecular weight excluding hydrogens is 367 g/mol. The Hall–Kier alpha value is -3.19. The second kappa shape index (κ2) is 8.01. The first-order valence-electron chi connectivity index (χ1n) is 8.06. The Bertz CT molecular complexity index is 973. The summed E-state index contributed by atoms with van der Waals surface area (Å²) < 4.78 is 18.7. The van der Waals surface area contributed by atoms with Gasteiger partial charge >= 0.3 is 0 Å². The smallest absolute Gasteiger partial charge is 0.268 e. The van der Waals surface area contributed by atoms with Gasteiger partial charge in [-0.25, -0.2) is 4.39 Å². The SMILES string of the molecule is COc1ccc(NC(=O)c2ccccc2N(C)C(=O)c2cccs2)cc1F. The molecule has 0 unspecified atom stereocenters. The molecule has 138 valence electrons. The van der Waals surface area contributed by atoms with Crippen LogP contribution in [0.3, 0.4) is 0 Å². The van der Waals surface area contributed by atoms with Crippen molar-refractivity contribution >= 4 is 34.5 Å². The summed E-state index contributed by atoms with van der Waals surface area (Å²) in [4.78, 5) is 27.3. The number of carbonyl (C=O) groups excluding carboxylic acids is 2. The molecule has 27 heavy (non-hydrogen) atoms. The number of para-hydroxylation sites is 1. The minimum absolute atomic E-state index is 0.0923. The number of halogens is 1. The topological polar surface area (TPSA) is 58.6 Å². The van der Waals surface area contributed by atoms with E-state index >= 15 is 0 Å². The van der Waals surface area contributed by atoms with Crippen LogP contribution < -0.4 is 15.0 Å². The molecule has 1 N–H and O–H groups in total. The van der Waals surface area contributed by atoms with Gasteiger partial charge in [-0.1, -0.05) is 18.2 Å². The summed E-state index contributed by atoms with van der Waals surface area (Å²) in [5.41, 5.74) is 1.06. The standard InChI is InChI=1S/C20H17FN2O3S/c1-23(20(25)18-8-5-11-27-18)16-7-4-3-6-14(16)19(24)22-13-9-10-17(26-2)15(21)12-13/h3-12H,1-2H3,(H,22,24). The van der Waals surface area contributed by atoms with Crippen LogP contribution in [0.5, 0.6) is 5.75 Å². The Morgan fingerprint density at radius 3 is 2.56 bits per heavy atom. The highest BCUT2D eigenvalue weighted by Crippen LogP contribution is 2.25. The molecule has 0 fully saturated rings. The van der Waals surface area contributed by atoms with Crippen molar-refractivity contribution in [3.05, 3.63) is 76.2 Å². The molecule has 2 aromatic carbocycles. The predicted molar refractivity (Wildman–Crippen MR) is 104 cm³/mol. The maximum Gasteiger partial charge on any atom is 0.268 e. The molecular formula is C20H17FN2O3S. The van der Waals surface area contributed by atoms with Crippen molar-refractivity contribution in [1.29, 1.82) is 0 Å². The Kier molecular flexibility index (Phi) is 5.52. The van der Waals surface area contributed by atoms with E-state index in [-0.39, 0.29) is 11.7 Å². The molecule has 0 saturated heterocycles. The summed E-state index contributed by atoms with van der Waals surface area (Å²) in [5, 5.41) is 4.47. The number of amides is 2. The minimum Gasteiger partial charge on any atom is -0.494 e. The maximum atomic E-state index is 13.8. The molecule has 0 radical (unpaired) electrons. The first kappa shape index (κ1) is 18.6. The molecule has 1 heterocycles. The molecule has 5 nitrogen and oxygen atoms in total. The third kappa shape index (κ3) is 3.98. The van der Waals surface area contributed by atoms with Gasteiger partial charge in [0, 0.05) is 18.8 Å². The number of hydrogen-bond donors (Lipinski definition) is 1. The first-order valence-corrected chi connectivity index (χ1v) is 8.94. The van der Waals surface area contributed by atoms with Gasteiger partial charge in [-0.2, -0.15) is 0 Å². The molecule has 7 heteroatoms. The van der Waals surface area contributed by atoms with Crippen LogP contribution in [0.4, 0.5) is 15.8 Å². The Morgan fingerprint density at radius 1 is 1.11 bits per heavy atom. The Labute approximate surface area is 160 Å². The molecule has 2 amide bonds. The van der Waals surface area contributed by atoms with Crippen molar-refractivity contribution < 1.29 is 18.7 Å². The second-order valence-electron chi connectivity index (χ2n) is 5.66. The van der Waals surface area contributed by atoms with E-state index in [0.717, 1.165) is 0 Å². The van der Waals surface area contributed by atoms with Crippen LogP contribution in [0.25, 0.3) is 0 Å². The molecule has 0 spiro atoms. The molecule has 1 aromatic heterocycles. The van der Waals surface area contributed by atoms with Gasteiger partial charge in [0.15, 0.2) is 11.6 Å². The highest BCUT2D eigenvalue weighted by atomic mass is 32.1. The fraction of sp³-hybridized carbons (Fsp3) is 0.100. The predicted octanol–water partition coefficient (Wildman–Crippen LogP) is 4.42. The zero-order chi connectivity index (χ0) is 19.4. The van der Waals surface area contributed by atoms with E-state index in [9.17, 15) is 14.0 Å². The van der Waals surface area contributed by atoms with E-state index in [4.69, 9.17) is 4.74 Å². The summed E-state index contributed by atoms with van der Waals surface area (Å²) in [7, 11) is 2.98. The number of anilines is 2. The monoisotopic (exact) mass is 384 g/mol.